The molecule has 2 aromatic carbocycles. The van der Waals surface area contributed by atoms with Crippen LogP contribution < -0.4 is 11.3 Å². The lowest BCUT2D eigenvalue weighted by atomic mass is 10.00. The van der Waals surface area contributed by atoms with Gasteiger partial charge in [0.05, 0.1) is 11.0 Å². The number of rotatable bonds is 0. The minimum atomic E-state index is -0.351. The van der Waals surface area contributed by atoms with Gasteiger partial charge in [0.1, 0.15) is 5.58 Å². The fourth-order valence-electron chi connectivity index (χ4n) is 4.88. The monoisotopic (exact) mass is 371 g/mol. The van der Waals surface area contributed by atoms with Crippen molar-refractivity contribution in [3.8, 4) is 0 Å². The van der Waals surface area contributed by atoms with Crippen molar-refractivity contribution < 1.29 is 8.83 Å². The molecule has 0 unspecified atom stereocenters. The summed E-state index contributed by atoms with van der Waals surface area (Å²) in [5.74, 6) is 0. The first kappa shape index (κ1) is 15.7. The van der Waals surface area contributed by atoms with Gasteiger partial charge >= 0.3 is 11.3 Å². The summed E-state index contributed by atoms with van der Waals surface area (Å²) in [5.41, 5.74) is 6.18. The molecular formula is C23H17NO4. The Morgan fingerprint density at radius 1 is 0.857 bits per heavy atom. The number of nitrogens with one attached hydrogen (secondary N) is 1. The van der Waals surface area contributed by atoms with Crippen molar-refractivity contribution in [3.05, 3.63) is 67.4 Å². The van der Waals surface area contributed by atoms with E-state index in [1.54, 1.807) is 0 Å². The lowest BCUT2D eigenvalue weighted by molar-refractivity contribution is 0.554. The molecule has 0 atom stereocenters. The van der Waals surface area contributed by atoms with Crippen molar-refractivity contribution in [2.75, 3.05) is 0 Å². The van der Waals surface area contributed by atoms with E-state index in [-0.39, 0.29) is 11.3 Å². The molecule has 0 amide bonds. The largest absolute Gasteiger partial charge is 0.423 e. The van der Waals surface area contributed by atoms with Gasteiger partial charge in [0.15, 0.2) is 5.58 Å². The average Bonchev–Trinajstić information content (AvgIpc) is 3.27. The summed E-state index contributed by atoms with van der Waals surface area (Å²) in [6, 6.07) is 7.54. The number of aromatic amines is 1. The Morgan fingerprint density at radius 3 is 2.50 bits per heavy atom. The Hall–Kier alpha value is -3.34. The van der Waals surface area contributed by atoms with Crippen LogP contribution in [0.3, 0.4) is 0 Å². The molecule has 5 heteroatoms. The van der Waals surface area contributed by atoms with Gasteiger partial charge in [-0.2, -0.15) is 0 Å². The Labute approximate surface area is 158 Å². The van der Waals surface area contributed by atoms with Crippen molar-refractivity contribution >= 4 is 43.7 Å². The number of H-pyrrole nitrogens is 1. The molecule has 0 spiro atoms. The van der Waals surface area contributed by atoms with Crippen LogP contribution in [0.15, 0.2) is 42.7 Å². The molecule has 0 fully saturated rings. The topological polar surface area (TPSA) is 76.2 Å². The van der Waals surface area contributed by atoms with Crippen molar-refractivity contribution in [3.63, 3.8) is 0 Å². The second-order valence-corrected chi connectivity index (χ2v) is 7.76. The molecule has 3 heterocycles. The molecule has 0 radical (unpaired) electrons. The van der Waals surface area contributed by atoms with Gasteiger partial charge in [-0.1, -0.05) is 12.1 Å². The zero-order valence-corrected chi connectivity index (χ0v) is 15.6. The minimum Gasteiger partial charge on any atom is -0.423 e. The van der Waals surface area contributed by atoms with Gasteiger partial charge < -0.3 is 13.8 Å². The second-order valence-electron chi connectivity index (χ2n) is 7.76. The first-order valence-electron chi connectivity index (χ1n) is 9.50. The summed E-state index contributed by atoms with van der Waals surface area (Å²) in [6.45, 7) is 3.90. The second kappa shape index (κ2) is 5.13. The van der Waals surface area contributed by atoms with Crippen LogP contribution in [-0.4, -0.2) is 4.98 Å². The molecule has 1 N–H and O–H groups in total. The summed E-state index contributed by atoms with van der Waals surface area (Å²) in [6.07, 6.45) is 2.70. The van der Waals surface area contributed by atoms with Gasteiger partial charge in [0.2, 0.25) is 0 Å². The highest BCUT2D eigenvalue weighted by Crippen LogP contribution is 2.39. The predicted molar refractivity (Wildman–Crippen MR) is 109 cm³/mol. The number of aromatic nitrogens is 1. The SMILES string of the molecule is Cc1cc2oc(=O)cc(C)c2c2c1[nH]c1c2ccc2c3c(c(=O)oc21)CCC3. The van der Waals surface area contributed by atoms with Gasteiger partial charge in [-0.25, -0.2) is 9.59 Å². The van der Waals surface area contributed by atoms with Crippen molar-refractivity contribution in [2.24, 2.45) is 0 Å². The summed E-state index contributed by atoms with van der Waals surface area (Å²) < 4.78 is 11.3. The Balaban J connectivity index is 1.90. The van der Waals surface area contributed by atoms with Crippen LogP contribution >= 0.6 is 0 Å². The van der Waals surface area contributed by atoms with E-state index < -0.39 is 0 Å². The fourth-order valence-corrected chi connectivity index (χ4v) is 4.88. The summed E-state index contributed by atoms with van der Waals surface area (Å²) >= 11 is 0. The zero-order valence-electron chi connectivity index (χ0n) is 15.6. The molecule has 0 saturated carbocycles. The zero-order chi connectivity index (χ0) is 19.2. The molecule has 0 saturated heterocycles. The smallest absolute Gasteiger partial charge is 0.339 e. The number of hydrogen-bond donors (Lipinski definition) is 1. The van der Waals surface area contributed by atoms with Gasteiger partial charge in [-0.15, -0.1) is 0 Å². The first-order chi connectivity index (χ1) is 13.5. The lowest BCUT2D eigenvalue weighted by Gasteiger charge is -2.06. The Bertz CT molecular complexity index is 1600. The van der Waals surface area contributed by atoms with Crippen molar-refractivity contribution in [2.45, 2.75) is 33.1 Å². The van der Waals surface area contributed by atoms with E-state index in [1.165, 1.54) is 6.07 Å². The quantitative estimate of drug-likeness (QED) is 0.402. The Morgan fingerprint density at radius 2 is 1.64 bits per heavy atom. The van der Waals surface area contributed by atoms with Crippen LogP contribution in [0, 0.1) is 13.8 Å². The molecule has 5 nitrogen and oxygen atoms in total. The van der Waals surface area contributed by atoms with Crippen LogP contribution in [0.25, 0.3) is 43.7 Å². The molecule has 0 bridgehead atoms. The number of aryl methyl sites for hydroxylation is 3. The highest BCUT2D eigenvalue weighted by molar-refractivity contribution is 6.24. The molecule has 1 aliphatic carbocycles. The molecule has 5 aromatic rings. The molecule has 28 heavy (non-hydrogen) atoms. The van der Waals surface area contributed by atoms with Crippen LogP contribution in [0.4, 0.5) is 0 Å². The normalized spacial score (nSPS) is 13.9. The van der Waals surface area contributed by atoms with Crippen LogP contribution in [0.1, 0.15) is 28.7 Å². The van der Waals surface area contributed by atoms with Crippen LogP contribution in [0.5, 0.6) is 0 Å². The van der Waals surface area contributed by atoms with E-state index in [0.29, 0.717) is 11.2 Å². The third kappa shape index (κ3) is 1.86. The Kier molecular flexibility index (Phi) is 2.88. The van der Waals surface area contributed by atoms with E-state index in [0.717, 1.165) is 74.1 Å². The average molecular weight is 371 g/mol. The van der Waals surface area contributed by atoms with Crippen LogP contribution in [0.2, 0.25) is 0 Å². The highest BCUT2D eigenvalue weighted by atomic mass is 16.4. The maximum Gasteiger partial charge on any atom is 0.339 e. The fraction of sp³-hybridized carbons (Fsp3) is 0.217. The van der Waals surface area contributed by atoms with Gasteiger partial charge in [-0.05, 0) is 55.9 Å². The summed E-state index contributed by atoms with van der Waals surface area (Å²) in [4.78, 5) is 27.9. The van der Waals surface area contributed by atoms with Crippen molar-refractivity contribution in [1.82, 2.24) is 4.98 Å². The molecular weight excluding hydrogens is 354 g/mol. The van der Waals surface area contributed by atoms with E-state index in [2.05, 4.69) is 17.1 Å². The first-order valence-corrected chi connectivity index (χ1v) is 9.50. The number of benzene rings is 2. The third-order valence-electron chi connectivity index (χ3n) is 6.09. The molecule has 3 aromatic heterocycles. The number of fused-ring (bicyclic) bond motifs is 9. The van der Waals surface area contributed by atoms with E-state index >= 15 is 0 Å². The molecule has 0 aliphatic heterocycles. The van der Waals surface area contributed by atoms with E-state index in [4.69, 9.17) is 8.83 Å². The highest BCUT2D eigenvalue weighted by Gasteiger charge is 2.22. The number of hydrogen-bond acceptors (Lipinski definition) is 4. The maximum atomic E-state index is 12.5. The molecule has 6 rings (SSSR count). The summed E-state index contributed by atoms with van der Waals surface area (Å²) in [5, 5.41) is 3.89. The van der Waals surface area contributed by atoms with Gasteiger partial charge in [0.25, 0.3) is 0 Å². The maximum absolute atomic E-state index is 12.5. The van der Waals surface area contributed by atoms with E-state index in [9.17, 15) is 9.59 Å². The van der Waals surface area contributed by atoms with Crippen molar-refractivity contribution in [1.29, 1.82) is 0 Å². The molecule has 138 valence electrons. The van der Waals surface area contributed by atoms with Gasteiger partial charge in [-0.3, -0.25) is 0 Å². The lowest BCUT2D eigenvalue weighted by Crippen LogP contribution is -2.06. The molecule has 1 aliphatic rings. The summed E-state index contributed by atoms with van der Waals surface area (Å²) in [7, 11) is 0. The predicted octanol–water partition coefficient (Wildman–Crippen LogP) is 4.64. The third-order valence-corrected chi connectivity index (χ3v) is 6.09. The minimum absolute atomic E-state index is 0.227. The van der Waals surface area contributed by atoms with Crippen LogP contribution in [-0.2, 0) is 12.8 Å². The standard InChI is InChI=1S/C23H17NO4/c1-10-9-17(25)27-16-8-11(2)20-19(18(10)16)15-7-6-13-12-4-3-5-14(12)23(26)28-22(13)21(15)24-20/h6-9,24H,3-5H2,1-2H3. The van der Waals surface area contributed by atoms with Gasteiger partial charge in [0, 0.05) is 33.2 Å². The van der Waals surface area contributed by atoms with E-state index in [1.807, 2.05) is 19.9 Å².